The Morgan fingerprint density at radius 2 is 1.84 bits per heavy atom. The van der Waals surface area contributed by atoms with E-state index in [0.29, 0.717) is 18.7 Å². The van der Waals surface area contributed by atoms with Crippen molar-refractivity contribution in [2.24, 2.45) is 5.73 Å². The number of fused-ring (bicyclic) bond motifs is 1. The third-order valence-corrected chi connectivity index (χ3v) is 5.55. The van der Waals surface area contributed by atoms with Crippen molar-refractivity contribution in [2.75, 3.05) is 45.3 Å². The average molecular weight is 609 g/mol. The molecule has 1 unspecified atom stereocenters. The number of amides is 1. The Labute approximate surface area is 201 Å². The summed E-state index contributed by atoms with van der Waals surface area (Å²) in [5, 5.41) is 0.898. The number of ether oxygens (including phenoxy) is 2. The second-order valence-corrected chi connectivity index (χ2v) is 7.42. The number of benzene rings is 2. The van der Waals surface area contributed by atoms with Gasteiger partial charge in [0.15, 0.2) is 0 Å². The van der Waals surface area contributed by atoms with Gasteiger partial charge in [-0.1, -0.05) is 30.4 Å². The second kappa shape index (κ2) is 10.7. The molecule has 2 aromatic carbocycles. The fraction of sp³-hybridized carbons (Fsp3) is 0.292. The number of anilines is 1. The van der Waals surface area contributed by atoms with Crippen LogP contribution >= 0.6 is 0 Å². The number of carbonyl (C=O) groups is 1. The van der Waals surface area contributed by atoms with E-state index in [4.69, 9.17) is 15.2 Å². The van der Waals surface area contributed by atoms with Gasteiger partial charge in [-0.3, -0.25) is 6.42 Å². The zero-order valence-corrected chi connectivity index (χ0v) is 20.6. The summed E-state index contributed by atoms with van der Waals surface area (Å²) in [6.45, 7) is 2.71. The SMILES string of the molecule is COc1ccc2n[c-]c(C(N)[CH-]C(=O)N3CCN(c4ccccc4OC)CC3)cc2c1.[Os+2]. The molecule has 1 aliphatic heterocycles. The zero-order chi connectivity index (χ0) is 21.8. The minimum Gasteiger partial charge on any atom is -0.497 e. The Kier molecular flexibility index (Phi) is 7.95. The number of methoxy groups -OCH3 is 2. The molecule has 168 valence electrons. The van der Waals surface area contributed by atoms with Crippen LogP contribution in [0.5, 0.6) is 11.5 Å². The first-order valence-corrected chi connectivity index (χ1v) is 10.2. The number of nitrogens with two attached hydrogens (primary N) is 1. The van der Waals surface area contributed by atoms with Gasteiger partial charge in [0.25, 0.3) is 0 Å². The van der Waals surface area contributed by atoms with Crippen molar-refractivity contribution in [1.29, 1.82) is 0 Å². The van der Waals surface area contributed by atoms with Gasteiger partial charge in [-0.25, -0.2) is 0 Å². The van der Waals surface area contributed by atoms with Crippen LogP contribution in [-0.4, -0.2) is 56.2 Å². The number of pyridine rings is 1. The third-order valence-electron chi connectivity index (χ3n) is 5.55. The minimum atomic E-state index is -0.581. The van der Waals surface area contributed by atoms with Crippen molar-refractivity contribution in [3.63, 3.8) is 0 Å². The van der Waals surface area contributed by atoms with Crippen molar-refractivity contribution in [2.45, 2.75) is 6.04 Å². The van der Waals surface area contributed by atoms with E-state index in [1.807, 2.05) is 53.4 Å². The van der Waals surface area contributed by atoms with Crippen molar-refractivity contribution >= 4 is 22.5 Å². The summed E-state index contributed by atoms with van der Waals surface area (Å²) < 4.78 is 10.7. The van der Waals surface area contributed by atoms with Gasteiger partial charge in [0, 0.05) is 26.2 Å². The van der Waals surface area contributed by atoms with Gasteiger partial charge >= 0.3 is 19.8 Å². The van der Waals surface area contributed by atoms with Gasteiger partial charge in [0.05, 0.1) is 25.8 Å². The van der Waals surface area contributed by atoms with Crippen LogP contribution in [0.1, 0.15) is 11.6 Å². The van der Waals surface area contributed by atoms with Gasteiger partial charge in [-0.05, 0) is 29.8 Å². The molecule has 0 spiro atoms. The van der Waals surface area contributed by atoms with E-state index in [1.165, 1.54) is 6.42 Å². The predicted octanol–water partition coefficient (Wildman–Crippen LogP) is 2.60. The quantitative estimate of drug-likeness (QED) is 0.434. The fourth-order valence-electron chi connectivity index (χ4n) is 3.78. The summed E-state index contributed by atoms with van der Waals surface area (Å²) in [7, 11) is 3.29. The zero-order valence-electron chi connectivity index (χ0n) is 18.1. The molecule has 1 aromatic heterocycles. The first-order chi connectivity index (χ1) is 15.1. The smallest absolute Gasteiger partial charge is 0.497 e. The molecule has 1 saturated heterocycles. The molecule has 7 nitrogen and oxygen atoms in total. The Bertz CT molecular complexity index is 1070. The largest absolute Gasteiger partial charge is 2.00 e. The Hall–Kier alpha value is -2.81. The fourth-order valence-corrected chi connectivity index (χ4v) is 3.78. The topological polar surface area (TPSA) is 80.9 Å². The molecule has 32 heavy (non-hydrogen) atoms. The van der Waals surface area contributed by atoms with Gasteiger partial charge in [-0.2, -0.15) is 11.6 Å². The summed E-state index contributed by atoms with van der Waals surface area (Å²) in [4.78, 5) is 21.2. The minimum absolute atomic E-state index is 0. The van der Waals surface area contributed by atoms with Gasteiger partial charge in [-0.15, -0.1) is 5.39 Å². The average Bonchev–Trinajstić information content (AvgIpc) is 2.83. The van der Waals surface area contributed by atoms with E-state index in [-0.39, 0.29) is 25.7 Å². The molecule has 0 bridgehead atoms. The first-order valence-electron chi connectivity index (χ1n) is 10.2. The first kappa shape index (κ1) is 23.8. The van der Waals surface area contributed by atoms with E-state index in [1.54, 1.807) is 14.2 Å². The second-order valence-electron chi connectivity index (χ2n) is 7.42. The number of aromatic nitrogens is 1. The third kappa shape index (κ3) is 5.15. The molecule has 2 heterocycles. The standard InChI is InChI=1S/C24H26N4O3.Os/c1-30-19-7-8-21-17(14-19)13-18(16-26-21)20(25)15-24(29)28-11-9-27(10-12-28)22-5-3-4-6-23(22)31-2;/h3-8,13-15,20H,9-12,25H2,1-2H3;/q-2;+2. The van der Waals surface area contributed by atoms with Crippen LogP contribution in [0.15, 0.2) is 48.5 Å². The van der Waals surface area contributed by atoms with Crippen molar-refractivity contribution in [3.8, 4) is 11.5 Å². The van der Waals surface area contributed by atoms with Crippen LogP contribution in [0.2, 0.25) is 0 Å². The molecule has 3 aromatic rings. The van der Waals surface area contributed by atoms with E-state index in [2.05, 4.69) is 16.1 Å². The van der Waals surface area contributed by atoms with Crippen LogP contribution < -0.4 is 20.1 Å². The summed E-state index contributed by atoms with van der Waals surface area (Å²) in [5.41, 5.74) is 8.80. The number of para-hydroxylation sites is 2. The molecule has 0 saturated carbocycles. The van der Waals surface area contributed by atoms with Crippen molar-refractivity contribution in [3.05, 3.63) is 66.7 Å². The Morgan fingerprint density at radius 3 is 2.56 bits per heavy atom. The monoisotopic (exact) mass is 610 g/mol. The molecule has 4 rings (SSSR count). The van der Waals surface area contributed by atoms with Crippen LogP contribution in [0, 0.1) is 12.6 Å². The van der Waals surface area contributed by atoms with E-state index >= 15 is 0 Å². The maximum atomic E-state index is 12.8. The van der Waals surface area contributed by atoms with E-state index in [0.717, 1.165) is 41.2 Å². The number of carbonyl (C=O) groups excluding carboxylic acids is 1. The molecular weight excluding hydrogens is 583 g/mol. The summed E-state index contributed by atoms with van der Waals surface area (Å²) in [6, 6.07) is 14.9. The molecule has 1 amide bonds. The molecule has 1 atom stereocenters. The Balaban J connectivity index is 0.00000289. The molecule has 2 N–H and O–H groups in total. The molecule has 1 aliphatic rings. The maximum Gasteiger partial charge on any atom is 2.00 e. The number of hydrogen-bond donors (Lipinski definition) is 1. The molecular formula is C24H26N4O3Os. The van der Waals surface area contributed by atoms with E-state index < -0.39 is 6.04 Å². The number of hydrogen-bond acceptors (Lipinski definition) is 6. The van der Waals surface area contributed by atoms with Crippen LogP contribution in [0.4, 0.5) is 5.69 Å². The summed E-state index contributed by atoms with van der Waals surface area (Å²) in [6.07, 6.45) is 4.50. The van der Waals surface area contributed by atoms with Crippen LogP contribution in [-0.2, 0) is 24.6 Å². The Morgan fingerprint density at radius 1 is 1.09 bits per heavy atom. The normalized spacial score (nSPS) is 14.5. The molecule has 8 heteroatoms. The molecule has 0 aliphatic carbocycles. The number of nitrogens with zero attached hydrogens (tertiary/aromatic N) is 3. The summed E-state index contributed by atoms with van der Waals surface area (Å²) in [5.74, 6) is 1.51. The van der Waals surface area contributed by atoms with Crippen molar-refractivity contribution < 1.29 is 34.1 Å². The number of piperazine rings is 1. The van der Waals surface area contributed by atoms with E-state index in [9.17, 15) is 4.79 Å². The summed E-state index contributed by atoms with van der Waals surface area (Å²) >= 11 is 0. The van der Waals surface area contributed by atoms with Gasteiger partial charge in [0.2, 0.25) is 0 Å². The maximum absolute atomic E-state index is 12.8. The van der Waals surface area contributed by atoms with Crippen molar-refractivity contribution in [1.82, 2.24) is 9.88 Å². The van der Waals surface area contributed by atoms with Gasteiger partial charge in [0.1, 0.15) is 11.5 Å². The predicted molar refractivity (Wildman–Crippen MR) is 120 cm³/mol. The van der Waals surface area contributed by atoms with Crippen LogP contribution in [0.25, 0.3) is 10.9 Å². The molecule has 1 fully saturated rings. The number of rotatable bonds is 6. The molecule has 0 radical (unpaired) electrons. The van der Waals surface area contributed by atoms with Crippen LogP contribution in [0.3, 0.4) is 0 Å². The van der Waals surface area contributed by atoms with Gasteiger partial charge < -0.3 is 34.8 Å².